The second kappa shape index (κ2) is 8.60. The largest absolute Gasteiger partial charge is 0.491 e. The molecule has 0 spiro atoms. The molecule has 1 aliphatic heterocycles. The van der Waals surface area contributed by atoms with Crippen LogP contribution in [-0.2, 0) is 12.7 Å². The molecule has 1 saturated heterocycles. The summed E-state index contributed by atoms with van der Waals surface area (Å²) >= 11 is 0. The van der Waals surface area contributed by atoms with Crippen LogP contribution < -0.4 is 9.64 Å². The molecule has 0 N–H and O–H groups in total. The van der Waals surface area contributed by atoms with Crippen LogP contribution in [0.15, 0.2) is 30.7 Å². The lowest BCUT2D eigenvalue weighted by atomic mass is 9.99. The zero-order valence-electron chi connectivity index (χ0n) is 16.3. The highest BCUT2D eigenvalue weighted by atomic mass is 19.4. The van der Waals surface area contributed by atoms with Crippen LogP contribution in [0.1, 0.15) is 18.5 Å². The van der Waals surface area contributed by atoms with Gasteiger partial charge in [0, 0.05) is 25.2 Å². The number of nitrogens with zero attached hydrogens (tertiary/aromatic N) is 6. The summed E-state index contributed by atoms with van der Waals surface area (Å²) in [7, 11) is 0. The lowest BCUT2D eigenvalue weighted by molar-refractivity contribution is -0.142. The van der Waals surface area contributed by atoms with Gasteiger partial charge in [0.25, 0.3) is 6.43 Å². The Morgan fingerprint density at radius 1 is 1.19 bits per heavy atom. The monoisotopic (exact) mass is 442 g/mol. The van der Waals surface area contributed by atoms with Gasteiger partial charge in [-0.25, -0.2) is 28.4 Å². The number of alkyl halides is 5. The number of ether oxygens (including phenoxy) is 1. The van der Waals surface area contributed by atoms with Crippen LogP contribution in [-0.4, -0.2) is 50.9 Å². The van der Waals surface area contributed by atoms with E-state index in [1.54, 1.807) is 6.20 Å². The molecule has 3 aromatic rings. The molecule has 1 atom stereocenters. The third kappa shape index (κ3) is 4.83. The van der Waals surface area contributed by atoms with E-state index in [2.05, 4.69) is 20.1 Å². The summed E-state index contributed by atoms with van der Waals surface area (Å²) in [4.78, 5) is 14.0. The number of rotatable bonds is 6. The minimum absolute atomic E-state index is 0.0430. The Balaban J connectivity index is 1.46. The first-order chi connectivity index (χ1) is 14.8. The number of piperidine rings is 1. The Kier molecular flexibility index (Phi) is 5.88. The van der Waals surface area contributed by atoms with Crippen LogP contribution in [0.2, 0.25) is 0 Å². The van der Waals surface area contributed by atoms with Crippen molar-refractivity contribution in [2.24, 2.45) is 5.92 Å². The molecule has 0 bridgehead atoms. The fraction of sp³-hybridized carbons (Fsp3) is 0.474. The van der Waals surface area contributed by atoms with Gasteiger partial charge in [0.05, 0.1) is 19.0 Å². The fourth-order valence-electron chi connectivity index (χ4n) is 3.59. The van der Waals surface area contributed by atoms with Crippen molar-refractivity contribution in [3.05, 3.63) is 36.4 Å². The van der Waals surface area contributed by atoms with Crippen molar-refractivity contribution in [2.45, 2.75) is 32.0 Å². The third-order valence-electron chi connectivity index (χ3n) is 5.00. The van der Waals surface area contributed by atoms with Gasteiger partial charge in [-0.3, -0.25) is 0 Å². The van der Waals surface area contributed by atoms with Gasteiger partial charge >= 0.3 is 6.18 Å². The normalized spacial score (nSPS) is 17.5. The molecule has 4 heterocycles. The first-order valence-corrected chi connectivity index (χ1v) is 9.68. The van der Waals surface area contributed by atoms with Crippen molar-refractivity contribution >= 4 is 17.0 Å². The van der Waals surface area contributed by atoms with Gasteiger partial charge in [0.1, 0.15) is 23.6 Å². The number of pyridine rings is 1. The summed E-state index contributed by atoms with van der Waals surface area (Å²) in [6, 6.07) is 2.64. The maximum atomic E-state index is 13.1. The predicted octanol–water partition coefficient (Wildman–Crippen LogP) is 3.80. The van der Waals surface area contributed by atoms with Crippen molar-refractivity contribution < 1.29 is 26.7 Å². The molecule has 0 radical (unpaired) electrons. The van der Waals surface area contributed by atoms with E-state index in [0.717, 1.165) is 23.7 Å². The van der Waals surface area contributed by atoms with E-state index in [4.69, 9.17) is 4.74 Å². The Labute approximate surface area is 173 Å². The number of fused-ring (bicyclic) bond motifs is 1. The topological polar surface area (TPSA) is 69.0 Å². The van der Waals surface area contributed by atoms with Crippen LogP contribution in [0.5, 0.6) is 5.75 Å². The van der Waals surface area contributed by atoms with Gasteiger partial charge in [-0.2, -0.15) is 18.3 Å². The van der Waals surface area contributed by atoms with Gasteiger partial charge < -0.3 is 9.64 Å². The number of hydrogen-bond acceptors (Lipinski definition) is 6. The smallest absolute Gasteiger partial charge is 0.437 e. The molecule has 0 aromatic carbocycles. The van der Waals surface area contributed by atoms with Crippen LogP contribution >= 0.6 is 0 Å². The highest BCUT2D eigenvalue weighted by Crippen LogP contribution is 2.34. The summed E-state index contributed by atoms with van der Waals surface area (Å²) in [6.07, 6.45) is -1.61. The first kappa shape index (κ1) is 21.2. The van der Waals surface area contributed by atoms with E-state index in [1.807, 2.05) is 4.90 Å². The zero-order valence-corrected chi connectivity index (χ0v) is 16.3. The van der Waals surface area contributed by atoms with E-state index >= 15 is 0 Å². The number of halogens is 5. The van der Waals surface area contributed by atoms with Crippen molar-refractivity contribution in [3.63, 3.8) is 0 Å². The van der Waals surface area contributed by atoms with Crippen molar-refractivity contribution in [3.8, 4) is 5.75 Å². The predicted molar refractivity (Wildman–Crippen MR) is 101 cm³/mol. The fourth-order valence-corrected chi connectivity index (χ4v) is 3.59. The Morgan fingerprint density at radius 3 is 2.81 bits per heavy atom. The molecule has 0 amide bonds. The third-order valence-corrected chi connectivity index (χ3v) is 5.00. The van der Waals surface area contributed by atoms with Crippen molar-refractivity contribution in [1.29, 1.82) is 0 Å². The van der Waals surface area contributed by atoms with E-state index in [-0.39, 0.29) is 23.9 Å². The van der Waals surface area contributed by atoms with Crippen LogP contribution in [0.25, 0.3) is 11.2 Å². The molecule has 0 aliphatic carbocycles. The standard InChI is InChI=1S/C19H19F5N6O/c20-15(21)10-30-18-13(7-27-30)26-8-16(28-18)29-6-2-3-12(9-29)11-31-14-4-1-5-25-17(14)19(22,23)24/h1,4-5,7-8,12,15H,2-3,6,9-11H2/t12-/m1/s1. The van der Waals surface area contributed by atoms with Gasteiger partial charge in [0.2, 0.25) is 0 Å². The number of anilines is 1. The lowest BCUT2D eigenvalue weighted by Gasteiger charge is -2.33. The molecule has 12 heteroatoms. The summed E-state index contributed by atoms with van der Waals surface area (Å²) in [5.41, 5.74) is -0.370. The van der Waals surface area contributed by atoms with Crippen LogP contribution in [0, 0.1) is 5.92 Å². The molecule has 0 saturated carbocycles. The molecule has 7 nitrogen and oxygen atoms in total. The van der Waals surface area contributed by atoms with Gasteiger partial charge in [-0.05, 0) is 25.0 Å². The molecular weight excluding hydrogens is 423 g/mol. The molecule has 166 valence electrons. The van der Waals surface area contributed by atoms with E-state index in [1.165, 1.54) is 18.3 Å². The van der Waals surface area contributed by atoms with Gasteiger partial charge in [-0.1, -0.05) is 0 Å². The maximum absolute atomic E-state index is 13.1. The molecule has 0 unspecified atom stereocenters. The minimum atomic E-state index is -4.60. The molecular formula is C19H19F5N6O. The average molecular weight is 442 g/mol. The Morgan fingerprint density at radius 2 is 2.03 bits per heavy atom. The Hall–Kier alpha value is -3.05. The van der Waals surface area contributed by atoms with Gasteiger partial charge in [0.15, 0.2) is 11.3 Å². The lowest BCUT2D eigenvalue weighted by Crippen LogP contribution is -2.38. The number of aromatic nitrogens is 5. The molecule has 31 heavy (non-hydrogen) atoms. The van der Waals surface area contributed by atoms with Gasteiger partial charge in [-0.15, -0.1) is 0 Å². The SMILES string of the molecule is FC(F)Cn1ncc2ncc(N3CCC[C@@H](COc4cccnc4C(F)(F)F)C3)nc21. The first-order valence-electron chi connectivity index (χ1n) is 9.68. The van der Waals surface area contributed by atoms with Crippen LogP contribution in [0.3, 0.4) is 0 Å². The molecule has 3 aromatic heterocycles. The van der Waals surface area contributed by atoms with Crippen LogP contribution in [0.4, 0.5) is 27.8 Å². The summed E-state index contributed by atoms with van der Waals surface area (Å²) in [5.74, 6) is 0.160. The highest BCUT2D eigenvalue weighted by Gasteiger charge is 2.36. The summed E-state index contributed by atoms with van der Waals surface area (Å²) in [6.45, 7) is 0.667. The molecule has 4 rings (SSSR count). The Bertz CT molecular complexity index is 1040. The maximum Gasteiger partial charge on any atom is 0.437 e. The zero-order chi connectivity index (χ0) is 22.0. The van der Waals surface area contributed by atoms with Crippen molar-refractivity contribution in [2.75, 3.05) is 24.6 Å². The van der Waals surface area contributed by atoms with E-state index < -0.39 is 24.8 Å². The summed E-state index contributed by atoms with van der Waals surface area (Å²) in [5, 5.41) is 3.90. The average Bonchev–Trinajstić information content (AvgIpc) is 3.13. The molecule has 1 fully saturated rings. The minimum Gasteiger partial charge on any atom is -0.491 e. The van der Waals surface area contributed by atoms with E-state index in [0.29, 0.717) is 24.4 Å². The highest BCUT2D eigenvalue weighted by molar-refractivity contribution is 5.71. The van der Waals surface area contributed by atoms with Crippen molar-refractivity contribution in [1.82, 2.24) is 24.7 Å². The van der Waals surface area contributed by atoms with E-state index in [9.17, 15) is 22.0 Å². The molecule has 1 aliphatic rings. The second-order valence-corrected chi connectivity index (χ2v) is 7.27. The summed E-state index contributed by atoms with van der Waals surface area (Å²) < 4.78 is 71.4. The number of hydrogen-bond donors (Lipinski definition) is 0. The second-order valence-electron chi connectivity index (χ2n) is 7.27. The quantitative estimate of drug-likeness (QED) is 0.541.